The standard InChI is InChI=1S/C10H16N2O4/c1-6-5-8(14)11(3)12(7(2)13)9(6)10(15)16-4/h6,9H,5H2,1-4H3/t6-,9+/m1/s1. The molecule has 0 unspecified atom stereocenters. The van der Waals surface area contributed by atoms with Gasteiger partial charge in [-0.1, -0.05) is 6.92 Å². The van der Waals surface area contributed by atoms with Crippen molar-refractivity contribution in [3.63, 3.8) is 0 Å². The minimum Gasteiger partial charge on any atom is -0.467 e. The average molecular weight is 228 g/mol. The lowest BCUT2D eigenvalue weighted by molar-refractivity contribution is -0.184. The molecule has 16 heavy (non-hydrogen) atoms. The highest BCUT2D eigenvalue weighted by Gasteiger charge is 2.43. The third-order valence-corrected chi connectivity index (χ3v) is 2.75. The Morgan fingerprint density at radius 3 is 2.44 bits per heavy atom. The van der Waals surface area contributed by atoms with Crippen LogP contribution in [0.15, 0.2) is 0 Å². The predicted molar refractivity (Wildman–Crippen MR) is 54.9 cm³/mol. The van der Waals surface area contributed by atoms with Crippen LogP contribution in [0.5, 0.6) is 0 Å². The maximum atomic E-state index is 11.6. The molecule has 0 bridgehead atoms. The van der Waals surface area contributed by atoms with E-state index in [-0.39, 0.29) is 24.2 Å². The lowest BCUT2D eigenvalue weighted by Crippen LogP contribution is -2.61. The smallest absolute Gasteiger partial charge is 0.331 e. The van der Waals surface area contributed by atoms with Crippen LogP contribution >= 0.6 is 0 Å². The number of carbonyl (C=O) groups is 3. The number of hydrogen-bond donors (Lipinski definition) is 0. The van der Waals surface area contributed by atoms with Gasteiger partial charge in [0.15, 0.2) is 6.04 Å². The molecule has 1 saturated heterocycles. The Bertz CT molecular complexity index is 329. The van der Waals surface area contributed by atoms with Crippen molar-refractivity contribution in [3.05, 3.63) is 0 Å². The number of hydrazine groups is 1. The minimum absolute atomic E-state index is 0.178. The first-order chi connectivity index (χ1) is 7.40. The molecule has 0 spiro atoms. The molecule has 2 amide bonds. The van der Waals surface area contributed by atoms with E-state index in [9.17, 15) is 14.4 Å². The Morgan fingerprint density at radius 2 is 2.00 bits per heavy atom. The van der Waals surface area contributed by atoms with Crippen LogP contribution in [0, 0.1) is 5.92 Å². The Kier molecular flexibility index (Phi) is 3.51. The van der Waals surface area contributed by atoms with Gasteiger partial charge in [0.25, 0.3) is 0 Å². The molecule has 1 heterocycles. The first-order valence-electron chi connectivity index (χ1n) is 5.04. The normalized spacial score (nSPS) is 25.6. The maximum Gasteiger partial charge on any atom is 0.331 e. The number of esters is 1. The molecule has 1 aliphatic rings. The summed E-state index contributed by atoms with van der Waals surface area (Å²) in [6, 6.07) is -0.717. The van der Waals surface area contributed by atoms with E-state index in [0.717, 1.165) is 5.01 Å². The fraction of sp³-hybridized carbons (Fsp3) is 0.700. The molecule has 2 atom stereocenters. The number of nitrogens with zero attached hydrogens (tertiary/aromatic N) is 2. The molecule has 0 radical (unpaired) electrons. The van der Waals surface area contributed by atoms with E-state index in [1.807, 2.05) is 0 Å². The maximum absolute atomic E-state index is 11.6. The van der Waals surface area contributed by atoms with E-state index in [2.05, 4.69) is 4.74 Å². The monoisotopic (exact) mass is 228 g/mol. The number of hydrogen-bond acceptors (Lipinski definition) is 4. The van der Waals surface area contributed by atoms with Crippen molar-refractivity contribution in [1.82, 2.24) is 10.0 Å². The van der Waals surface area contributed by atoms with Crippen LogP contribution in [0.25, 0.3) is 0 Å². The van der Waals surface area contributed by atoms with Crippen LogP contribution in [0.3, 0.4) is 0 Å². The highest BCUT2D eigenvalue weighted by atomic mass is 16.5. The lowest BCUT2D eigenvalue weighted by Gasteiger charge is -2.42. The number of amides is 2. The van der Waals surface area contributed by atoms with Gasteiger partial charge in [-0.15, -0.1) is 0 Å². The van der Waals surface area contributed by atoms with Gasteiger partial charge >= 0.3 is 5.97 Å². The van der Waals surface area contributed by atoms with Gasteiger partial charge in [0.1, 0.15) is 0 Å². The molecule has 0 aliphatic carbocycles. The molecule has 90 valence electrons. The summed E-state index contributed by atoms with van der Waals surface area (Å²) in [4.78, 5) is 34.6. The highest BCUT2D eigenvalue weighted by molar-refractivity contribution is 5.89. The van der Waals surface area contributed by atoms with E-state index in [1.165, 1.54) is 26.1 Å². The molecule has 1 rings (SSSR count). The van der Waals surface area contributed by atoms with E-state index in [1.54, 1.807) is 6.92 Å². The summed E-state index contributed by atoms with van der Waals surface area (Å²) in [6.07, 6.45) is 0.236. The number of carbonyl (C=O) groups excluding carboxylic acids is 3. The minimum atomic E-state index is -0.717. The van der Waals surface area contributed by atoms with Crippen molar-refractivity contribution in [3.8, 4) is 0 Å². The fourth-order valence-corrected chi connectivity index (χ4v) is 1.93. The summed E-state index contributed by atoms with van der Waals surface area (Å²) in [5, 5.41) is 2.34. The molecule has 0 N–H and O–H groups in total. The third-order valence-electron chi connectivity index (χ3n) is 2.75. The molecule has 1 fully saturated rings. The second-order valence-corrected chi connectivity index (χ2v) is 3.93. The van der Waals surface area contributed by atoms with Crippen LogP contribution in [0.4, 0.5) is 0 Å². The highest BCUT2D eigenvalue weighted by Crippen LogP contribution is 2.24. The third kappa shape index (κ3) is 2.00. The Hall–Kier alpha value is -1.59. The summed E-state index contributed by atoms with van der Waals surface area (Å²) < 4.78 is 4.65. The molecule has 0 aromatic carbocycles. The Balaban J connectivity index is 3.05. The van der Waals surface area contributed by atoms with Gasteiger partial charge in [-0.05, 0) is 5.92 Å². The summed E-state index contributed by atoms with van der Waals surface area (Å²) >= 11 is 0. The van der Waals surface area contributed by atoms with Crippen LogP contribution in [0.2, 0.25) is 0 Å². The zero-order valence-electron chi connectivity index (χ0n) is 9.89. The molecule has 6 nitrogen and oxygen atoms in total. The van der Waals surface area contributed by atoms with E-state index in [4.69, 9.17) is 0 Å². The van der Waals surface area contributed by atoms with Crippen LogP contribution in [0.1, 0.15) is 20.3 Å². The number of methoxy groups -OCH3 is 1. The summed E-state index contributed by atoms with van der Waals surface area (Å²) in [6.45, 7) is 3.07. The molecular formula is C10H16N2O4. The van der Waals surface area contributed by atoms with Crippen molar-refractivity contribution >= 4 is 17.8 Å². The van der Waals surface area contributed by atoms with Crippen LogP contribution in [-0.2, 0) is 19.1 Å². The van der Waals surface area contributed by atoms with Crippen molar-refractivity contribution in [2.45, 2.75) is 26.3 Å². The topological polar surface area (TPSA) is 66.9 Å². The Labute approximate surface area is 94.1 Å². The second kappa shape index (κ2) is 4.51. The van der Waals surface area contributed by atoms with Crippen molar-refractivity contribution in [2.24, 2.45) is 5.92 Å². The Morgan fingerprint density at radius 1 is 1.44 bits per heavy atom. The molecule has 0 saturated carbocycles. The quantitative estimate of drug-likeness (QED) is 0.582. The molecule has 0 aromatic heterocycles. The lowest BCUT2D eigenvalue weighted by atomic mass is 9.94. The average Bonchev–Trinajstić information content (AvgIpc) is 2.21. The van der Waals surface area contributed by atoms with Gasteiger partial charge < -0.3 is 4.74 Å². The number of rotatable bonds is 1. The van der Waals surface area contributed by atoms with Crippen molar-refractivity contribution in [1.29, 1.82) is 0 Å². The predicted octanol–water partition coefficient (Wildman–Crippen LogP) is -0.210. The molecule has 0 aromatic rings. The van der Waals surface area contributed by atoms with E-state index < -0.39 is 12.0 Å². The zero-order chi connectivity index (χ0) is 12.5. The van der Waals surface area contributed by atoms with E-state index >= 15 is 0 Å². The van der Waals surface area contributed by atoms with Crippen LogP contribution < -0.4 is 0 Å². The first kappa shape index (κ1) is 12.5. The van der Waals surface area contributed by atoms with Gasteiger partial charge in [0.2, 0.25) is 11.8 Å². The summed E-state index contributed by atoms with van der Waals surface area (Å²) in [7, 11) is 2.75. The largest absolute Gasteiger partial charge is 0.467 e. The van der Waals surface area contributed by atoms with E-state index in [0.29, 0.717) is 0 Å². The fourth-order valence-electron chi connectivity index (χ4n) is 1.93. The van der Waals surface area contributed by atoms with Crippen LogP contribution in [-0.4, -0.2) is 48.0 Å². The summed E-state index contributed by atoms with van der Waals surface area (Å²) in [5.41, 5.74) is 0. The van der Waals surface area contributed by atoms with Crippen molar-refractivity contribution in [2.75, 3.05) is 14.2 Å². The summed E-state index contributed by atoms with van der Waals surface area (Å²) in [5.74, 6) is -1.26. The van der Waals surface area contributed by atoms with Gasteiger partial charge in [-0.25, -0.2) is 9.80 Å². The SMILES string of the molecule is COC(=O)[C@@H]1[C@H](C)CC(=O)N(C)N1C(C)=O. The molecular weight excluding hydrogens is 212 g/mol. The second-order valence-electron chi connectivity index (χ2n) is 3.93. The van der Waals surface area contributed by atoms with Gasteiger partial charge in [-0.3, -0.25) is 14.6 Å². The molecule has 1 aliphatic heterocycles. The van der Waals surface area contributed by atoms with Crippen molar-refractivity contribution < 1.29 is 19.1 Å². The van der Waals surface area contributed by atoms with Gasteiger partial charge in [0.05, 0.1) is 7.11 Å². The first-order valence-corrected chi connectivity index (χ1v) is 5.04. The van der Waals surface area contributed by atoms with Gasteiger partial charge in [-0.2, -0.15) is 0 Å². The molecule has 6 heteroatoms. The number of ether oxygens (including phenoxy) is 1. The zero-order valence-corrected chi connectivity index (χ0v) is 9.89. The van der Waals surface area contributed by atoms with Gasteiger partial charge in [0, 0.05) is 20.4 Å².